The fourth-order valence-corrected chi connectivity index (χ4v) is 5.41. The molecule has 2 aromatic carbocycles. The van der Waals surface area contributed by atoms with Crippen LogP contribution in [0.3, 0.4) is 0 Å². The molecule has 9 nitrogen and oxygen atoms in total. The first kappa shape index (κ1) is 25.3. The zero-order valence-electron chi connectivity index (χ0n) is 21.1. The minimum atomic E-state index is -0.849. The van der Waals surface area contributed by atoms with Crippen LogP contribution in [0, 0.1) is 0 Å². The van der Waals surface area contributed by atoms with Gasteiger partial charge in [0.2, 0.25) is 5.56 Å². The zero-order valence-corrected chi connectivity index (χ0v) is 21.1. The first-order valence-electron chi connectivity index (χ1n) is 13.0. The molecule has 0 aliphatic heterocycles. The van der Waals surface area contributed by atoms with E-state index in [9.17, 15) is 19.8 Å². The lowest BCUT2D eigenvalue weighted by Crippen LogP contribution is -2.36. The van der Waals surface area contributed by atoms with Crippen LogP contribution in [-0.4, -0.2) is 50.8 Å². The molecule has 2 aromatic heterocycles. The summed E-state index contributed by atoms with van der Waals surface area (Å²) in [6.45, 7) is 2.13. The van der Waals surface area contributed by atoms with Crippen LogP contribution in [-0.2, 0) is 13.1 Å². The molecule has 37 heavy (non-hydrogen) atoms. The fourth-order valence-electron chi connectivity index (χ4n) is 5.41. The number of phenolic OH excluding ortho intramolecular Hbond substituents is 1. The Hall–Kier alpha value is -3.40. The number of nitrogens with zero attached hydrogens (tertiary/aromatic N) is 2. The monoisotopic (exact) mass is 506 g/mol. The van der Waals surface area contributed by atoms with Crippen LogP contribution in [0.4, 0.5) is 0 Å². The van der Waals surface area contributed by atoms with Crippen LogP contribution in [0.25, 0.3) is 22.0 Å². The SMILES string of the molecule is CN(CCn1c(=O)oc2cc(CNC[C@H](O)c3ccc(O)c4[nH]c(=O)ccc34)ccc21)C1CCCCC1. The zero-order chi connectivity index (χ0) is 25.9. The number of pyridine rings is 1. The molecule has 1 fully saturated rings. The average molecular weight is 507 g/mol. The highest BCUT2D eigenvalue weighted by molar-refractivity contribution is 5.87. The standard InChI is InChI=1S/C28H34N4O5/c1-31(19-5-3-2-4-6-19)13-14-32-22-10-7-18(15-25(22)37-28(32)36)16-29-17-24(34)20-8-11-23(33)27-21(20)9-12-26(35)30-27/h7-12,15,19,24,29,33-34H,2-6,13-14,16-17H2,1H3,(H,30,35)/t24-/m0/s1. The summed E-state index contributed by atoms with van der Waals surface area (Å²) in [7, 11) is 2.14. The maximum Gasteiger partial charge on any atom is 0.419 e. The van der Waals surface area contributed by atoms with Gasteiger partial charge in [-0.25, -0.2) is 4.79 Å². The largest absolute Gasteiger partial charge is 0.506 e. The number of aromatic nitrogens is 2. The highest BCUT2D eigenvalue weighted by atomic mass is 16.4. The molecule has 4 N–H and O–H groups in total. The van der Waals surface area contributed by atoms with E-state index in [1.807, 2.05) is 18.2 Å². The van der Waals surface area contributed by atoms with Crippen LogP contribution in [0.5, 0.6) is 5.75 Å². The number of phenols is 1. The minimum absolute atomic E-state index is 0.0426. The van der Waals surface area contributed by atoms with E-state index in [4.69, 9.17) is 4.42 Å². The van der Waals surface area contributed by atoms with Crippen LogP contribution >= 0.6 is 0 Å². The maximum absolute atomic E-state index is 12.5. The van der Waals surface area contributed by atoms with E-state index in [-0.39, 0.29) is 23.6 Å². The van der Waals surface area contributed by atoms with E-state index >= 15 is 0 Å². The number of fused-ring (bicyclic) bond motifs is 2. The molecular formula is C28H34N4O5. The third-order valence-electron chi connectivity index (χ3n) is 7.54. The number of aromatic hydroxyl groups is 1. The molecule has 1 aliphatic rings. The van der Waals surface area contributed by atoms with Crippen LogP contribution < -0.4 is 16.6 Å². The number of aliphatic hydroxyl groups is 1. The molecule has 0 radical (unpaired) electrons. The Bertz CT molecular complexity index is 1500. The van der Waals surface area contributed by atoms with Crippen LogP contribution in [0.1, 0.15) is 49.3 Å². The Morgan fingerprint density at radius 3 is 2.76 bits per heavy atom. The van der Waals surface area contributed by atoms with E-state index in [0.717, 1.165) is 17.6 Å². The Balaban J connectivity index is 1.22. The molecule has 0 saturated heterocycles. The van der Waals surface area contributed by atoms with E-state index in [2.05, 4.69) is 22.2 Å². The number of nitrogens with one attached hydrogen (secondary N) is 2. The predicted molar refractivity (Wildman–Crippen MR) is 143 cm³/mol. The summed E-state index contributed by atoms with van der Waals surface area (Å²) in [5, 5.41) is 24.6. The van der Waals surface area contributed by atoms with E-state index < -0.39 is 6.10 Å². The molecule has 196 valence electrons. The van der Waals surface area contributed by atoms with Gasteiger partial charge in [-0.15, -0.1) is 0 Å². The van der Waals surface area contributed by atoms with E-state index in [0.29, 0.717) is 41.2 Å². The lowest BCUT2D eigenvalue weighted by molar-refractivity contribution is 0.176. The number of likely N-dealkylation sites (N-methyl/N-ethyl adjacent to an activating group) is 1. The van der Waals surface area contributed by atoms with Gasteiger partial charge in [0.25, 0.3) is 0 Å². The topological polar surface area (TPSA) is 124 Å². The van der Waals surface area contributed by atoms with E-state index in [1.165, 1.54) is 44.2 Å². The summed E-state index contributed by atoms with van der Waals surface area (Å²) in [4.78, 5) is 29.1. The molecule has 1 atom stereocenters. The highest BCUT2D eigenvalue weighted by Gasteiger charge is 2.19. The van der Waals surface area contributed by atoms with Gasteiger partial charge < -0.3 is 29.8 Å². The van der Waals surface area contributed by atoms with Gasteiger partial charge >= 0.3 is 5.76 Å². The smallest absolute Gasteiger partial charge is 0.419 e. The molecule has 0 unspecified atom stereocenters. The van der Waals surface area contributed by atoms with Gasteiger partial charge in [-0.05, 0) is 55.3 Å². The lowest BCUT2D eigenvalue weighted by atomic mass is 9.94. The molecule has 0 bridgehead atoms. The van der Waals surface area contributed by atoms with Gasteiger partial charge in [-0.1, -0.05) is 31.4 Å². The van der Waals surface area contributed by atoms with Gasteiger partial charge in [0.15, 0.2) is 5.58 Å². The Kier molecular flexibility index (Phi) is 7.45. The van der Waals surface area contributed by atoms with Crippen molar-refractivity contribution in [3.05, 3.63) is 74.5 Å². The second-order valence-corrected chi connectivity index (χ2v) is 10.0. The predicted octanol–water partition coefficient (Wildman–Crippen LogP) is 3.23. The number of H-pyrrole nitrogens is 1. The summed E-state index contributed by atoms with van der Waals surface area (Å²) in [5.74, 6) is -0.385. The highest BCUT2D eigenvalue weighted by Crippen LogP contribution is 2.28. The number of hydrogen-bond acceptors (Lipinski definition) is 7. The Labute approximate surface area is 214 Å². The molecular weight excluding hydrogens is 472 g/mol. The van der Waals surface area contributed by atoms with Crippen molar-refractivity contribution in [2.75, 3.05) is 20.1 Å². The average Bonchev–Trinajstić information content (AvgIpc) is 3.22. The van der Waals surface area contributed by atoms with Crippen LogP contribution in [0.15, 0.2) is 56.5 Å². The first-order chi connectivity index (χ1) is 17.9. The second kappa shape index (κ2) is 10.9. The van der Waals surface area contributed by atoms with Crippen molar-refractivity contribution in [1.29, 1.82) is 0 Å². The summed E-state index contributed by atoms with van der Waals surface area (Å²) in [6, 6.07) is 12.4. The lowest BCUT2D eigenvalue weighted by Gasteiger charge is -2.31. The molecule has 5 rings (SSSR count). The van der Waals surface area contributed by atoms with E-state index in [1.54, 1.807) is 16.7 Å². The van der Waals surface area contributed by atoms with Gasteiger partial charge in [0.1, 0.15) is 5.75 Å². The third kappa shape index (κ3) is 5.49. The summed E-state index contributed by atoms with van der Waals surface area (Å²) >= 11 is 0. The molecule has 0 spiro atoms. The second-order valence-electron chi connectivity index (χ2n) is 10.0. The van der Waals surface area contributed by atoms with Crippen molar-refractivity contribution in [3.8, 4) is 5.75 Å². The van der Waals surface area contributed by atoms with Crippen LogP contribution in [0.2, 0.25) is 0 Å². The molecule has 9 heteroatoms. The number of hydrogen-bond donors (Lipinski definition) is 4. The van der Waals surface area contributed by atoms with Gasteiger partial charge in [0.05, 0.1) is 17.1 Å². The van der Waals surface area contributed by atoms with Gasteiger partial charge in [0, 0.05) is 43.7 Å². The fraction of sp³-hybridized carbons (Fsp3) is 0.429. The molecule has 1 saturated carbocycles. The van der Waals surface area contributed by atoms with Gasteiger partial charge in [-0.3, -0.25) is 9.36 Å². The first-order valence-corrected chi connectivity index (χ1v) is 13.0. The van der Waals surface area contributed by atoms with Crippen molar-refractivity contribution >= 4 is 22.0 Å². The summed E-state index contributed by atoms with van der Waals surface area (Å²) < 4.78 is 7.25. The normalized spacial score (nSPS) is 15.6. The van der Waals surface area contributed by atoms with Crippen molar-refractivity contribution in [3.63, 3.8) is 0 Å². The number of benzene rings is 2. The number of aliphatic hydroxyl groups excluding tert-OH is 1. The molecule has 4 aromatic rings. The molecule has 0 amide bonds. The van der Waals surface area contributed by atoms with Crippen molar-refractivity contribution in [2.24, 2.45) is 0 Å². The quantitative estimate of drug-likeness (QED) is 0.275. The number of aromatic amines is 1. The van der Waals surface area contributed by atoms with Gasteiger partial charge in [-0.2, -0.15) is 0 Å². The van der Waals surface area contributed by atoms with Crippen molar-refractivity contribution < 1.29 is 14.6 Å². The Morgan fingerprint density at radius 2 is 1.95 bits per heavy atom. The number of rotatable bonds is 9. The Morgan fingerprint density at radius 1 is 1.14 bits per heavy atom. The summed E-state index contributed by atoms with van der Waals surface area (Å²) in [6.07, 6.45) is 5.49. The minimum Gasteiger partial charge on any atom is -0.506 e. The third-order valence-corrected chi connectivity index (χ3v) is 7.54. The molecule has 1 aliphatic carbocycles. The number of oxazole rings is 1. The van der Waals surface area contributed by atoms with Crippen molar-refractivity contribution in [1.82, 2.24) is 19.8 Å². The summed E-state index contributed by atoms with van der Waals surface area (Å²) in [5.41, 5.74) is 2.86. The van der Waals surface area contributed by atoms with Crippen molar-refractivity contribution in [2.45, 2.75) is 57.3 Å². The molecule has 2 heterocycles. The maximum atomic E-state index is 12.5.